The molecule has 3 aromatic carbocycles. The molecule has 8 heteroatoms. The molecule has 6 nitrogen and oxygen atoms in total. The summed E-state index contributed by atoms with van der Waals surface area (Å²) in [4.78, 5) is 26.3. The van der Waals surface area contributed by atoms with Crippen LogP contribution in [0.25, 0.3) is 49.9 Å². The van der Waals surface area contributed by atoms with Crippen molar-refractivity contribution in [2.75, 3.05) is 0 Å². The van der Waals surface area contributed by atoms with Crippen LogP contribution in [-0.2, 0) is 0 Å². The highest BCUT2D eigenvalue weighted by molar-refractivity contribution is 7.71. The summed E-state index contributed by atoms with van der Waals surface area (Å²) < 4.78 is 1.59. The molecule has 0 aliphatic carbocycles. The first-order chi connectivity index (χ1) is 17.2. The molecule has 6 aromatic rings. The van der Waals surface area contributed by atoms with Crippen molar-refractivity contribution in [1.29, 1.82) is 0 Å². The highest BCUT2D eigenvalue weighted by Crippen LogP contribution is 2.31. The second-order valence-corrected chi connectivity index (χ2v) is 9.06. The van der Waals surface area contributed by atoms with Gasteiger partial charge in [0.1, 0.15) is 26.6 Å². The Morgan fingerprint density at radius 2 is 1.43 bits per heavy atom. The van der Waals surface area contributed by atoms with Crippen LogP contribution in [0, 0.1) is 4.64 Å². The number of benzene rings is 3. The molecule has 6 rings (SSSR count). The number of para-hydroxylation sites is 1. The van der Waals surface area contributed by atoms with E-state index in [-0.39, 0.29) is 10.2 Å². The van der Waals surface area contributed by atoms with Crippen LogP contribution in [0.1, 0.15) is 0 Å². The van der Waals surface area contributed by atoms with Crippen LogP contribution in [-0.4, -0.2) is 24.7 Å². The molecule has 3 heterocycles. The van der Waals surface area contributed by atoms with Crippen molar-refractivity contribution in [3.05, 3.63) is 111 Å². The van der Waals surface area contributed by atoms with Gasteiger partial charge >= 0.3 is 0 Å². The summed E-state index contributed by atoms with van der Waals surface area (Å²) in [6.45, 7) is 0. The van der Waals surface area contributed by atoms with E-state index in [4.69, 9.17) is 22.3 Å². The van der Waals surface area contributed by atoms with Crippen molar-refractivity contribution in [3.8, 4) is 39.0 Å². The van der Waals surface area contributed by atoms with E-state index in [9.17, 15) is 4.79 Å². The molecule has 0 spiro atoms. The quantitative estimate of drug-likeness (QED) is 0.293. The maximum Gasteiger partial charge on any atom is 0.284 e. The lowest BCUT2D eigenvalue weighted by atomic mass is 10.2. The van der Waals surface area contributed by atoms with Gasteiger partial charge in [0.2, 0.25) is 0 Å². The summed E-state index contributed by atoms with van der Waals surface area (Å²) in [5, 5.41) is 7.75. The van der Waals surface area contributed by atoms with Gasteiger partial charge in [-0.05, 0) is 12.1 Å². The van der Waals surface area contributed by atoms with Crippen LogP contribution >= 0.6 is 23.6 Å². The van der Waals surface area contributed by atoms with Crippen molar-refractivity contribution >= 4 is 34.5 Å². The summed E-state index contributed by atoms with van der Waals surface area (Å²) in [5.74, 6) is 0.572. The van der Waals surface area contributed by atoms with Gasteiger partial charge in [-0.15, -0.1) is 11.3 Å². The Morgan fingerprint density at radius 1 is 0.800 bits per heavy atom. The first-order valence-corrected chi connectivity index (χ1v) is 12.2. The molecule has 0 saturated heterocycles. The normalized spacial score (nSPS) is 11.1. The third kappa shape index (κ3) is 3.88. The highest BCUT2D eigenvalue weighted by Gasteiger charge is 2.20. The van der Waals surface area contributed by atoms with Crippen LogP contribution < -0.4 is 5.56 Å². The van der Waals surface area contributed by atoms with Crippen molar-refractivity contribution in [1.82, 2.24) is 24.7 Å². The van der Waals surface area contributed by atoms with E-state index in [1.807, 2.05) is 96.4 Å². The minimum Gasteiger partial charge on any atom is -0.337 e. The second-order valence-electron chi connectivity index (χ2n) is 7.81. The lowest BCUT2D eigenvalue weighted by molar-refractivity contribution is 0.822. The standard InChI is InChI=1S/C27H17N5OS2/c33-27-21-22(29-24(30-25(21)34)18-12-6-2-7-13-18)23(31-32(27)19-14-8-3-9-15-19)26-28-20(16-35-26)17-10-4-1-5-11-17/h1-16H,(H,29,30,34). The van der Waals surface area contributed by atoms with Gasteiger partial charge in [0.15, 0.2) is 0 Å². The smallest absolute Gasteiger partial charge is 0.284 e. The number of H-pyrrole nitrogens is 1. The van der Waals surface area contributed by atoms with Crippen molar-refractivity contribution in [3.63, 3.8) is 0 Å². The SMILES string of the molecule is O=c1c2c(=S)nc(-c3ccccc3)[nH]c2c(-c2nc(-c3ccccc3)cs2)nn1-c1ccccc1. The van der Waals surface area contributed by atoms with Gasteiger partial charge in [0.05, 0.1) is 16.9 Å². The molecule has 0 amide bonds. The number of thiazole rings is 1. The van der Waals surface area contributed by atoms with Gasteiger partial charge in [-0.25, -0.2) is 9.97 Å². The van der Waals surface area contributed by atoms with Crippen LogP contribution in [0.15, 0.2) is 101 Å². The molecule has 168 valence electrons. The molecule has 0 fully saturated rings. The number of nitrogens with zero attached hydrogens (tertiary/aromatic N) is 4. The summed E-state index contributed by atoms with van der Waals surface area (Å²) in [6.07, 6.45) is 0. The maximum absolute atomic E-state index is 13.6. The van der Waals surface area contributed by atoms with Gasteiger partial charge in [0.25, 0.3) is 5.56 Å². The zero-order chi connectivity index (χ0) is 23.8. The average molecular weight is 492 g/mol. The van der Waals surface area contributed by atoms with Crippen molar-refractivity contribution in [2.45, 2.75) is 0 Å². The fraction of sp³-hybridized carbons (Fsp3) is 0. The monoisotopic (exact) mass is 491 g/mol. The number of hydrogen-bond donors (Lipinski definition) is 1. The Morgan fingerprint density at radius 3 is 2.11 bits per heavy atom. The fourth-order valence-corrected chi connectivity index (χ4v) is 5.00. The summed E-state index contributed by atoms with van der Waals surface area (Å²) in [7, 11) is 0. The lowest BCUT2D eigenvalue weighted by Gasteiger charge is -2.11. The number of aromatic amines is 1. The molecule has 3 aromatic heterocycles. The minimum absolute atomic E-state index is 0.218. The third-order valence-electron chi connectivity index (χ3n) is 5.59. The Labute approximate surface area is 209 Å². The Bertz CT molecular complexity index is 1780. The topological polar surface area (TPSA) is 76.5 Å². The molecule has 0 saturated carbocycles. The molecule has 0 unspecified atom stereocenters. The summed E-state index contributed by atoms with van der Waals surface area (Å²) >= 11 is 7.11. The lowest BCUT2D eigenvalue weighted by Crippen LogP contribution is -2.23. The van der Waals surface area contributed by atoms with Gasteiger partial charge in [-0.2, -0.15) is 9.78 Å². The fourth-order valence-electron chi connectivity index (χ4n) is 3.90. The van der Waals surface area contributed by atoms with Crippen molar-refractivity contribution in [2.24, 2.45) is 0 Å². The first-order valence-electron chi connectivity index (χ1n) is 10.9. The molecule has 0 radical (unpaired) electrons. The highest BCUT2D eigenvalue weighted by atomic mass is 32.1. The number of aromatic nitrogens is 5. The zero-order valence-electron chi connectivity index (χ0n) is 18.3. The number of nitrogens with one attached hydrogen (secondary N) is 1. The molecule has 35 heavy (non-hydrogen) atoms. The average Bonchev–Trinajstić information content (AvgIpc) is 3.40. The van der Waals surface area contributed by atoms with E-state index < -0.39 is 0 Å². The van der Waals surface area contributed by atoms with E-state index >= 15 is 0 Å². The van der Waals surface area contributed by atoms with E-state index in [2.05, 4.69) is 9.97 Å². The first kappa shape index (κ1) is 21.3. The third-order valence-corrected chi connectivity index (χ3v) is 6.73. The summed E-state index contributed by atoms with van der Waals surface area (Å²) in [6, 6.07) is 28.9. The Balaban J connectivity index is 1.66. The molecule has 0 aliphatic rings. The van der Waals surface area contributed by atoms with Crippen molar-refractivity contribution < 1.29 is 0 Å². The predicted octanol–water partition coefficient (Wildman–Crippen LogP) is 6.30. The van der Waals surface area contributed by atoms with Gasteiger partial charge in [0, 0.05) is 16.5 Å². The molecule has 1 N–H and O–H groups in total. The predicted molar refractivity (Wildman–Crippen MR) is 142 cm³/mol. The maximum atomic E-state index is 13.6. The van der Waals surface area contributed by atoms with E-state index in [0.29, 0.717) is 33.1 Å². The van der Waals surface area contributed by atoms with Gasteiger partial charge in [-0.1, -0.05) is 91.1 Å². The van der Waals surface area contributed by atoms with Gasteiger partial charge < -0.3 is 4.98 Å². The van der Waals surface area contributed by atoms with E-state index in [1.165, 1.54) is 16.0 Å². The molecule has 0 bridgehead atoms. The van der Waals surface area contributed by atoms with Gasteiger partial charge in [-0.3, -0.25) is 4.79 Å². The Kier molecular flexibility index (Phi) is 5.36. The minimum atomic E-state index is -0.330. The number of hydrogen-bond acceptors (Lipinski definition) is 6. The molecule has 0 atom stereocenters. The van der Waals surface area contributed by atoms with Crippen LogP contribution in [0.2, 0.25) is 0 Å². The largest absolute Gasteiger partial charge is 0.337 e. The van der Waals surface area contributed by atoms with Crippen LogP contribution in [0.5, 0.6) is 0 Å². The zero-order valence-corrected chi connectivity index (χ0v) is 19.9. The van der Waals surface area contributed by atoms with E-state index in [0.717, 1.165) is 16.8 Å². The second kappa shape index (κ2) is 8.83. The molecular formula is C27H17N5OS2. The summed E-state index contributed by atoms with van der Waals surface area (Å²) in [5.41, 5.74) is 4.09. The molecule has 0 aliphatic heterocycles. The Hall–Kier alpha value is -4.27. The number of rotatable bonds is 4. The number of fused-ring (bicyclic) bond motifs is 1. The molecular weight excluding hydrogens is 474 g/mol. The van der Waals surface area contributed by atoms with Crippen LogP contribution in [0.4, 0.5) is 0 Å². The van der Waals surface area contributed by atoms with Crippen LogP contribution in [0.3, 0.4) is 0 Å². The van der Waals surface area contributed by atoms with E-state index in [1.54, 1.807) is 0 Å².